The molecule has 1 aromatic heterocycles. The van der Waals surface area contributed by atoms with Gasteiger partial charge in [-0.15, -0.1) is 0 Å². The van der Waals surface area contributed by atoms with Crippen LogP contribution >= 0.6 is 0 Å². The number of fused-ring (bicyclic) bond motifs is 1. The van der Waals surface area contributed by atoms with Gasteiger partial charge in [-0.1, -0.05) is 29.8 Å². The van der Waals surface area contributed by atoms with Crippen LogP contribution in [0.1, 0.15) is 39.7 Å². The maximum absolute atomic E-state index is 12.5. The van der Waals surface area contributed by atoms with Crippen molar-refractivity contribution in [1.29, 1.82) is 0 Å². The Labute approximate surface area is 143 Å². The van der Waals surface area contributed by atoms with Gasteiger partial charge in [-0.3, -0.25) is 4.79 Å². The molecule has 1 N–H and O–H groups in total. The fourth-order valence-electron chi connectivity index (χ4n) is 3.31. The van der Waals surface area contributed by atoms with Gasteiger partial charge in [-0.25, -0.2) is 0 Å². The lowest BCUT2D eigenvalue weighted by atomic mass is 10.1. The van der Waals surface area contributed by atoms with E-state index in [1.54, 1.807) is 0 Å². The number of carbonyl (C=O) groups excluding carboxylic acids is 1. The van der Waals surface area contributed by atoms with Gasteiger partial charge in [0.15, 0.2) is 0 Å². The Kier molecular flexibility index (Phi) is 4.43. The van der Waals surface area contributed by atoms with E-state index in [9.17, 15) is 4.79 Å². The number of aryl methyl sites for hydroxylation is 3. The summed E-state index contributed by atoms with van der Waals surface area (Å²) in [6.07, 6.45) is 0. The minimum Gasteiger partial charge on any atom is -0.348 e. The summed E-state index contributed by atoms with van der Waals surface area (Å²) in [6, 6.07) is 14.2. The lowest BCUT2D eigenvalue weighted by Gasteiger charge is -2.07. The first-order valence-corrected chi connectivity index (χ1v) is 8.44. The van der Waals surface area contributed by atoms with E-state index in [1.807, 2.05) is 24.3 Å². The molecule has 1 amide bonds. The van der Waals surface area contributed by atoms with E-state index < -0.39 is 0 Å². The summed E-state index contributed by atoms with van der Waals surface area (Å²) >= 11 is 0. The predicted octanol–water partition coefficient (Wildman–Crippen LogP) is 4.52. The van der Waals surface area contributed by atoms with Crippen molar-refractivity contribution in [3.8, 4) is 0 Å². The molecule has 0 aliphatic carbocycles. The average Bonchev–Trinajstić information content (AvgIpc) is 2.83. The molecule has 0 radical (unpaired) electrons. The number of nitrogens with one attached hydrogen (secondary N) is 1. The smallest absolute Gasteiger partial charge is 0.251 e. The summed E-state index contributed by atoms with van der Waals surface area (Å²) in [5, 5.41) is 4.18. The lowest BCUT2D eigenvalue weighted by Crippen LogP contribution is -2.22. The average molecular weight is 320 g/mol. The van der Waals surface area contributed by atoms with Crippen molar-refractivity contribution in [1.82, 2.24) is 9.88 Å². The van der Waals surface area contributed by atoms with Gasteiger partial charge in [0, 0.05) is 35.2 Å². The summed E-state index contributed by atoms with van der Waals surface area (Å²) < 4.78 is 2.29. The molecule has 0 spiro atoms. The van der Waals surface area contributed by atoms with Crippen molar-refractivity contribution in [3.05, 3.63) is 70.4 Å². The molecule has 24 heavy (non-hydrogen) atoms. The molecule has 0 atom stereocenters. The van der Waals surface area contributed by atoms with Crippen molar-refractivity contribution >= 4 is 16.8 Å². The molecule has 3 nitrogen and oxygen atoms in total. The van der Waals surface area contributed by atoms with Crippen LogP contribution in [0, 0.1) is 20.8 Å². The third-order valence-corrected chi connectivity index (χ3v) is 4.75. The zero-order valence-electron chi connectivity index (χ0n) is 14.8. The van der Waals surface area contributed by atoms with E-state index in [1.165, 1.54) is 22.3 Å². The SMILES string of the molecule is CCn1c(C)c(C)c2cc(C(=O)NCc3cccc(C)c3)ccc21. The molecular weight excluding hydrogens is 296 g/mol. The normalized spacial score (nSPS) is 11.0. The van der Waals surface area contributed by atoms with Gasteiger partial charge in [0.05, 0.1) is 0 Å². The summed E-state index contributed by atoms with van der Waals surface area (Å²) in [4.78, 5) is 12.5. The maximum atomic E-state index is 12.5. The molecule has 3 heteroatoms. The van der Waals surface area contributed by atoms with E-state index >= 15 is 0 Å². The Hall–Kier alpha value is -2.55. The highest BCUT2D eigenvalue weighted by molar-refractivity contribution is 5.99. The van der Waals surface area contributed by atoms with Crippen LogP contribution in [-0.2, 0) is 13.1 Å². The number of aromatic nitrogens is 1. The fraction of sp³-hybridized carbons (Fsp3) is 0.286. The first-order valence-electron chi connectivity index (χ1n) is 8.44. The summed E-state index contributed by atoms with van der Waals surface area (Å²) in [5.41, 5.74) is 6.75. The molecule has 0 saturated carbocycles. The second-order valence-corrected chi connectivity index (χ2v) is 6.36. The molecule has 3 aromatic rings. The zero-order chi connectivity index (χ0) is 17.3. The predicted molar refractivity (Wildman–Crippen MR) is 99.4 cm³/mol. The minimum atomic E-state index is -0.0280. The molecule has 0 unspecified atom stereocenters. The Bertz CT molecular complexity index is 906. The third kappa shape index (κ3) is 2.94. The Morgan fingerprint density at radius 1 is 1.08 bits per heavy atom. The van der Waals surface area contributed by atoms with Crippen molar-refractivity contribution in [2.75, 3.05) is 0 Å². The molecule has 0 aliphatic rings. The Balaban J connectivity index is 1.84. The molecule has 0 fully saturated rings. The van der Waals surface area contributed by atoms with Crippen LogP contribution in [0.15, 0.2) is 42.5 Å². The van der Waals surface area contributed by atoms with Gasteiger partial charge < -0.3 is 9.88 Å². The lowest BCUT2D eigenvalue weighted by molar-refractivity contribution is 0.0951. The standard InChI is InChI=1S/C21H24N2O/c1-5-23-16(4)15(3)19-12-18(9-10-20(19)23)21(24)22-13-17-8-6-7-14(2)11-17/h6-12H,5,13H2,1-4H3,(H,22,24). The van der Waals surface area contributed by atoms with E-state index in [0.717, 1.165) is 17.5 Å². The van der Waals surface area contributed by atoms with Crippen LogP contribution in [0.25, 0.3) is 10.9 Å². The number of hydrogen-bond acceptors (Lipinski definition) is 1. The molecule has 124 valence electrons. The van der Waals surface area contributed by atoms with Crippen LogP contribution < -0.4 is 5.32 Å². The van der Waals surface area contributed by atoms with Crippen molar-refractivity contribution in [3.63, 3.8) is 0 Å². The van der Waals surface area contributed by atoms with Crippen molar-refractivity contribution < 1.29 is 4.79 Å². The number of rotatable bonds is 4. The largest absolute Gasteiger partial charge is 0.348 e. The topological polar surface area (TPSA) is 34.0 Å². The monoisotopic (exact) mass is 320 g/mol. The first-order chi connectivity index (χ1) is 11.5. The summed E-state index contributed by atoms with van der Waals surface area (Å²) in [5.74, 6) is -0.0280. The van der Waals surface area contributed by atoms with Crippen LogP contribution in [0.2, 0.25) is 0 Å². The number of benzene rings is 2. The van der Waals surface area contributed by atoms with Gasteiger partial charge in [0.1, 0.15) is 0 Å². The number of nitrogens with zero attached hydrogens (tertiary/aromatic N) is 1. The molecule has 1 heterocycles. The molecular formula is C21H24N2O. The van der Waals surface area contributed by atoms with Gasteiger partial charge >= 0.3 is 0 Å². The van der Waals surface area contributed by atoms with Crippen LogP contribution in [0.4, 0.5) is 0 Å². The van der Waals surface area contributed by atoms with Gasteiger partial charge in [0.2, 0.25) is 0 Å². The minimum absolute atomic E-state index is 0.0280. The van der Waals surface area contributed by atoms with Crippen LogP contribution in [0.3, 0.4) is 0 Å². The first kappa shape index (κ1) is 16.3. The molecule has 0 aliphatic heterocycles. The van der Waals surface area contributed by atoms with Gasteiger partial charge in [0.25, 0.3) is 5.91 Å². The van der Waals surface area contributed by atoms with Gasteiger partial charge in [-0.05, 0) is 57.0 Å². The summed E-state index contributed by atoms with van der Waals surface area (Å²) in [6.45, 7) is 9.95. The fourth-order valence-corrected chi connectivity index (χ4v) is 3.31. The molecule has 3 rings (SSSR count). The maximum Gasteiger partial charge on any atom is 0.251 e. The highest BCUT2D eigenvalue weighted by Gasteiger charge is 2.13. The molecule has 0 bridgehead atoms. The molecule has 2 aromatic carbocycles. The Morgan fingerprint density at radius 2 is 1.88 bits per heavy atom. The van der Waals surface area contributed by atoms with Gasteiger partial charge in [-0.2, -0.15) is 0 Å². The molecule has 0 saturated heterocycles. The van der Waals surface area contributed by atoms with E-state index in [4.69, 9.17) is 0 Å². The quantitative estimate of drug-likeness (QED) is 0.753. The van der Waals surface area contributed by atoms with E-state index in [-0.39, 0.29) is 5.91 Å². The summed E-state index contributed by atoms with van der Waals surface area (Å²) in [7, 11) is 0. The van der Waals surface area contributed by atoms with Crippen molar-refractivity contribution in [2.24, 2.45) is 0 Å². The third-order valence-electron chi connectivity index (χ3n) is 4.75. The zero-order valence-corrected chi connectivity index (χ0v) is 14.8. The van der Waals surface area contributed by atoms with E-state index in [2.05, 4.69) is 55.8 Å². The number of hydrogen-bond donors (Lipinski definition) is 1. The van der Waals surface area contributed by atoms with E-state index in [0.29, 0.717) is 12.1 Å². The van der Waals surface area contributed by atoms with Crippen LogP contribution in [-0.4, -0.2) is 10.5 Å². The highest BCUT2D eigenvalue weighted by atomic mass is 16.1. The number of carbonyl (C=O) groups is 1. The number of amides is 1. The highest BCUT2D eigenvalue weighted by Crippen LogP contribution is 2.26. The second kappa shape index (κ2) is 6.52. The van der Waals surface area contributed by atoms with Crippen molar-refractivity contribution in [2.45, 2.75) is 40.8 Å². The Morgan fingerprint density at radius 3 is 2.58 bits per heavy atom. The second-order valence-electron chi connectivity index (χ2n) is 6.36. The van der Waals surface area contributed by atoms with Crippen LogP contribution in [0.5, 0.6) is 0 Å².